The molecule has 0 saturated heterocycles. The Labute approximate surface area is 165 Å². The van der Waals surface area contributed by atoms with Crippen molar-refractivity contribution in [3.05, 3.63) is 101 Å². The van der Waals surface area contributed by atoms with Gasteiger partial charge in [0.1, 0.15) is 23.1 Å². The van der Waals surface area contributed by atoms with E-state index in [2.05, 4.69) is 6.92 Å². The Morgan fingerprint density at radius 3 is 2.18 bits per heavy atom. The number of hydrogen-bond acceptors (Lipinski definition) is 3. The Hall–Kier alpha value is -3.64. The number of rotatable bonds is 7. The lowest BCUT2D eigenvalue weighted by molar-refractivity contribution is 0.104. The van der Waals surface area contributed by atoms with E-state index in [0.717, 1.165) is 24.2 Å². The standard InChI is InChI=1S/C25H21NO2/c1-2-6-19-9-13-21(14-10-19)25(27)22(18-26)17-20-11-15-24(16-12-20)28-23-7-4-3-5-8-23/h3-5,7-17H,2,6H2,1H3/b22-17-. The van der Waals surface area contributed by atoms with Crippen molar-refractivity contribution in [1.82, 2.24) is 0 Å². The number of para-hydroxylation sites is 1. The van der Waals surface area contributed by atoms with Crippen LogP contribution in [0, 0.1) is 11.3 Å². The van der Waals surface area contributed by atoms with Gasteiger partial charge in [-0.15, -0.1) is 0 Å². The Morgan fingerprint density at radius 2 is 1.57 bits per heavy atom. The van der Waals surface area contributed by atoms with E-state index in [1.807, 2.05) is 72.8 Å². The van der Waals surface area contributed by atoms with E-state index in [4.69, 9.17) is 4.74 Å². The highest BCUT2D eigenvalue weighted by molar-refractivity contribution is 6.14. The number of nitriles is 1. The van der Waals surface area contributed by atoms with E-state index >= 15 is 0 Å². The summed E-state index contributed by atoms with van der Waals surface area (Å²) in [6, 6.07) is 26.3. The zero-order chi connectivity index (χ0) is 19.8. The molecule has 3 aromatic carbocycles. The molecule has 0 heterocycles. The molecule has 0 amide bonds. The molecule has 0 fully saturated rings. The molecule has 3 heteroatoms. The van der Waals surface area contributed by atoms with E-state index in [-0.39, 0.29) is 11.4 Å². The van der Waals surface area contributed by atoms with E-state index in [0.29, 0.717) is 11.3 Å². The fraction of sp³-hybridized carbons (Fsp3) is 0.120. The number of nitrogens with zero attached hydrogens (tertiary/aromatic N) is 1. The van der Waals surface area contributed by atoms with Crippen LogP contribution in [-0.4, -0.2) is 5.78 Å². The number of carbonyl (C=O) groups is 1. The van der Waals surface area contributed by atoms with Crippen LogP contribution in [0.1, 0.15) is 34.8 Å². The van der Waals surface area contributed by atoms with Crippen molar-refractivity contribution in [3.8, 4) is 17.6 Å². The van der Waals surface area contributed by atoms with E-state index in [9.17, 15) is 10.1 Å². The Balaban J connectivity index is 1.74. The maximum Gasteiger partial charge on any atom is 0.203 e. The second-order valence-corrected chi connectivity index (χ2v) is 6.43. The van der Waals surface area contributed by atoms with Gasteiger partial charge in [-0.3, -0.25) is 4.79 Å². The average molecular weight is 367 g/mol. The van der Waals surface area contributed by atoms with Crippen molar-refractivity contribution in [2.45, 2.75) is 19.8 Å². The smallest absolute Gasteiger partial charge is 0.203 e. The molecule has 0 radical (unpaired) electrons. The van der Waals surface area contributed by atoms with Gasteiger partial charge in [-0.1, -0.05) is 67.9 Å². The highest BCUT2D eigenvalue weighted by atomic mass is 16.5. The van der Waals surface area contributed by atoms with Crippen LogP contribution in [0.2, 0.25) is 0 Å². The number of hydrogen-bond donors (Lipinski definition) is 0. The number of benzene rings is 3. The van der Waals surface area contributed by atoms with Gasteiger partial charge in [-0.25, -0.2) is 0 Å². The molecule has 0 saturated carbocycles. The molecule has 0 spiro atoms. The number of carbonyl (C=O) groups excluding carboxylic acids is 1. The Bertz CT molecular complexity index is 995. The van der Waals surface area contributed by atoms with Crippen molar-refractivity contribution in [3.63, 3.8) is 0 Å². The van der Waals surface area contributed by atoms with Crippen LogP contribution in [0.15, 0.2) is 84.4 Å². The zero-order valence-electron chi connectivity index (χ0n) is 15.8. The Kier molecular flexibility index (Phi) is 6.38. The third kappa shape index (κ3) is 4.96. The highest BCUT2D eigenvalue weighted by Crippen LogP contribution is 2.22. The van der Waals surface area contributed by atoms with Crippen LogP contribution in [-0.2, 0) is 6.42 Å². The monoisotopic (exact) mass is 367 g/mol. The number of allylic oxidation sites excluding steroid dienone is 1. The molecule has 3 aromatic rings. The molecule has 0 atom stereocenters. The van der Waals surface area contributed by atoms with Crippen LogP contribution < -0.4 is 4.74 Å². The summed E-state index contributed by atoms with van der Waals surface area (Å²) in [6.07, 6.45) is 3.64. The molecule has 0 aliphatic heterocycles. The first kappa shape index (κ1) is 19.1. The zero-order valence-corrected chi connectivity index (χ0v) is 15.8. The van der Waals surface area contributed by atoms with E-state index in [1.165, 1.54) is 5.56 Å². The maximum absolute atomic E-state index is 12.6. The number of Topliss-reactive ketones (excluding diaryl/α,β-unsaturated/α-hetero) is 1. The van der Waals surface area contributed by atoms with E-state index in [1.54, 1.807) is 18.2 Å². The predicted molar refractivity (Wildman–Crippen MR) is 111 cm³/mol. The molecular weight excluding hydrogens is 346 g/mol. The van der Waals surface area contributed by atoms with Gasteiger partial charge >= 0.3 is 0 Å². The lowest BCUT2D eigenvalue weighted by Crippen LogP contribution is -2.02. The molecule has 0 aromatic heterocycles. The number of ketones is 1. The van der Waals surface area contributed by atoms with Gasteiger partial charge in [0.15, 0.2) is 0 Å². The van der Waals surface area contributed by atoms with Gasteiger partial charge in [0.05, 0.1) is 0 Å². The summed E-state index contributed by atoms with van der Waals surface area (Å²) in [6.45, 7) is 2.12. The SMILES string of the molecule is CCCc1ccc(C(=O)/C(C#N)=C\c2ccc(Oc3ccccc3)cc2)cc1. The third-order valence-electron chi connectivity index (χ3n) is 4.29. The Morgan fingerprint density at radius 1 is 0.929 bits per heavy atom. The second kappa shape index (κ2) is 9.34. The summed E-state index contributed by atoms with van der Waals surface area (Å²) in [5.41, 5.74) is 2.60. The quantitative estimate of drug-likeness (QED) is 0.283. The first-order valence-electron chi connectivity index (χ1n) is 9.28. The van der Waals surface area contributed by atoms with Gasteiger partial charge in [0.25, 0.3) is 0 Å². The molecule has 0 aliphatic carbocycles. The normalized spacial score (nSPS) is 10.9. The fourth-order valence-corrected chi connectivity index (χ4v) is 2.84. The molecule has 0 aliphatic rings. The minimum atomic E-state index is -0.268. The lowest BCUT2D eigenvalue weighted by Gasteiger charge is -2.06. The van der Waals surface area contributed by atoms with Gasteiger partial charge in [-0.2, -0.15) is 5.26 Å². The van der Waals surface area contributed by atoms with Crippen LogP contribution >= 0.6 is 0 Å². The van der Waals surface area contributed by atoms with Gasteiger partial charge in [0, 0.05) is 5.56 Å². The largest absolute Gasteiger partial charge is 0.457 e. The van der Waals surface area contributed by atoms with Crippen LogP contribution in [0.5, 0.6) is 11.5 Å². The number of ether oxygens (including phenoxy) is 1. The summed E-state index contributed by atoms with van der Waals surface area (Å²) in [7, 11) is 0. The van der Waals surface area contributed by atoms with Crippen LogP contribution in [0.4, 0.5) is 0 Å². The molecular formula is C25H21NO2. The van der Waals surface area contributed by atoms with Crippen molar-refractivity contribution in [1.29, 1.82) is 5.26 Å². The average Bonchev–Trinajstić information content (AvgIpc) is 2.74. The van der Waals surface area contributed by atoms with Gasteiger partial charge in [-0.05, 0) is 47.9 Å². The molecule has 3 nitrogen and oxygen atoms in total. The lowest BCUT2D eigenvalue weighted by atomic mass is 10.00. The summed E-state index contributed by atoms with van der Waals surface area (Å²) < 4.78 is 5.76. The first-order valence-corrected chi connectivity index (χ1v) is 9.28. The third-order valence-corrected chi connectivity index (χ3v) is 4.29. The van der Waals surface area contributed by atoms with E-state index < -0.39 is 0 Å². The fourth-order valence-electron chi connectivity index (χ4n) is 2.84. The minimum Gasteiger partial charge on any atom is -0.457 e. The van der Waals surface area contributed by atoms with Crippen molar-refractivity contribution in [2.75, 3.05) is 0 Å². The molecule has 0 bridgehead atoms. The summed E-state index contributed by atoms with van der Waals surface area (Å²) in [5.74, 6) is 1.18. The van der Waals surface area contributed by atoms with Gasteiger partial charge in [0.2, 0.25) is 5.78 Å². The van der Waals surface area contributed by atoms with Crippen LogP contribution in [0.25, 0.3) is 6.08 Å². The molecule has 3 rings (SSSR count). The van der Waals surface area contributed by atoms with Crippen molar-refractivity contribution >= 4 is 11.9 Å². The number of aryl methyl sites for hydroxylation is 1. The molecule has 28 heavy (non-hydrogen) atoms. The minimum absolute atomic E-state index is 0.111. The van der Waals surface area contributed by atoms with Crippen LogP contribution in [0.3, 0.4) is 0 Å². The summed E-state index contributed by atoms with van der Waals surface area (Å²) >= 11 is 0. The molecule has 0 unspecified atom stereocenters. The molecule has 0 N–H and O–H groups in total. The second-order valence-electron chi connectivity index (χ2n) is 6.43. The van der Waals surface area contributed by atoms with Crippen molar-refractivity contribution in [2.24, 2.45) is 0 Å². The maximum atomic E-state index is 12.6. The van der Waals surface area contributed by atoms with Gasteiger partial charge < -0.3 is 4.74 Å². The summed E-state index contributed by atoms with van der Waals surface area (Å²) in [5, 5.41) is 9.44. The highest BCUT2D eigenvalue weighted by Gasteiger charge is 2.12. The predicted octanol–water partition coefficient (Wildman–Crippen LogP) is 6.22. The first-order chi connectivity index (χ1) is 13.7. The molecule has 138 valence electrons. The topological polar surface area (TPSA) is 50.1 Å². The van der Waals surface area contributed by atoms with Crippen molar-refractivity contribution < 1.29 is 9.53 Å². The summed E-state index contributed by atoms with van der Waals surface area (Å²) in [4.78, 5) is 12.6.